The van der Waals surface area contributed by atoms with Crippen LogP contribution in [0, 0.1) is 11.3 Å². The molecule has 2 aromatic carbocycles. The monoisotopic (exact) mass is 294 g/mol. The molecule has 0 atom stereocenters. The molecule has 0 radical (unpaired) electrons. The molecular formula is C17H11ClN2O. The largest absolute Gasteiger partial charge is 0.342 e. The number of hydrogen-bond donors (Lipinski definition) is 0. The molecule has 4 heteroatoms. The van der Waals surface area contributed by atoms with E-state index in [1.54, 1.807) is 12.1 Å². The molecule has 3 nitrogen and oxygen atoms in total. The van der Waals surface area contributed by atoms with Crippen LogP contribution in [-0.4, -0.2) is 10.9 Å². The zero-order valence-electron chi connectivity index (χ0n) is 11.1. The van der Waals surface area contributed by atoms with E-state index in [1.807, 2.05) is 41.1 Å². The fraction of sp³-hybridized carbons (Fsp3) is 0.0588. The molecule has 0 saturated heterocycles. The number of halogens is 1. The van der Waals surface area contributed by atoms with Crippen molar-refractivity contribution < 1.29 is 4.79 Å². The van der Waals surface area contributed by atoms with Gasteiger partial charge >= 0.3 is 0 Å². The zero-order chi connectivity index (χ0) is 14.8. The maximum absolute atomic E-state index is 11.2. The van der Waals surface area contributed by atoms with E-state index in [1.165, 1.54) is 0 Å². The van der Waals surface area contributed by atoms with Crippen LogP contribution in [0.25, 0.3) is 10.9 Å². The van der Waals surface area contributed by atoms with Crippen molar-refractivity contribution in [2.45, 2.75) is 6.54 Å². The highest BCUT2D eigenvalue weighted by molar-refractivity contribution is 6.30. The number of aldehydes is 1. The average molecular weight is 295 g/mol. The van der Waals surface area contributed by atoms with Gasteiger partial charge in [0.05, 0.1) is 11.6 Å². The Kier molecular flexibility index (Phi) is 3.47. The van der Waals surface area contributed by atoms with Gasteiger partial charge in [0.25, 0.3) is 0 Å². The Morgan fingerprint density at radius 3 is 2.62 bits per heavy atom. The molecule has 0 fully saturated rings. The molecule has 0 aliphatic rings. The standard InChI is InChI=1S/C17H11ClN2O/c18-15-4-1-12(2-5-15)9-20-10-14(11-21)16-7-13(8-19)3-6-17(16)20/h1-7,10-11H,9H2. The number of carbonyl (C=O) groups is 1. The number of aromatic nitrogens is 1. The minimum atomic E-state index is 0.551. The third-order valence-corrected chi connectivity index (χ3v) is 3.69. The van der Waals surface area contributed by atoms with Crippen molar-refractivity contribution in [1.29, 1.82) is 5.26 Å². The summed E-state index contributed by atoms with van der Waals surface area (Å²) in [7, 11) is 0. The van der Waals surface area contributed by atoms with Crippen LogP contribution in [0.15, 0.2) is 48.7 Å². The summed E-state index contributed by atoms with van der Waals surface area (Å²) in [5, 5.41) is 10.5. The first-order chi connectivity index (χ1) is 10.2. The van der Waals surface area contributed by atoms with Gasteiger partial charge in [-0.1, -0.05) is 23.7 Å². The third-order valence-electron chi connectivity index (χ3n) is 3.43. The molecule has 0 amide bonds. The molecule has 0 N–H and O–H groups in total. The zero-order valence-corrected chi connectivity index (χ0v) is 11.8. The topological polar surface area (TPSA) is 45.8 Å². The summed E-state index contributed by atoms with van der Waals surface area (Å²) in [5.41, 5.74) is 3.18. The maximum Gasteiger partial charge on any atom is 0.152 e. The normalized spacial score (nSPS) is 10.5. The average Bonchev–Trinajstić information content (AvgIpc) is 2.86. The van der Waals surface area contributed by atoms with Crippen LogP contribution >= 0.6 is 11.6 Å². The fourth-order valence-corrected chi connectivity index (χ4v) is 2.53. The predicted molar refractivity (Wildman–Crippen MR) is 82.6 cm³/mol. The molecule has 1 heterocycles. The summed E-state index contributed by atoms with van der Waals surface area (Å²) in [6.07, 6.45) is 2.63. The van der Waals surface area contributed by atoms with Gasteiger partial charge < -0.3 is 4.57 Å². The van der Waals surface area contributed by atoms with E-state index >= 15 is 0 Å². The van der Waals surface area contributed by atoms with Gasteiger partial charge in [0.1, 0.15) is 0 Å². The molecule has 0 aliphatic heterocycles. The molecule has 3 aromatic rings. The van der Waals surface area contributed by atoms with Crippen LogP contribution in [0.5, 0.6) is 0 Å². The number of rotatable bonds is 3. The van der Waals surface area contributed by atoms with Crippen molar-refractivity contribution in [2.24, 2.45) is 0 Å². The van der Waals surface area contributed by atoms with E-state index in [0.717, 1.165) is 22.8 Å². The lowest BCUT2D eigenvalue weighted by molar-refractivity contribution is 0.112. The van der Waals surface area contributed by atoms with Crippen LogP contribution in [-0.2, 0) is 6.54 Å². The van der Waals surface area contributed by atoms with Gasteiger partial charge in [0.2, 0.25) is 0 Å². The van der Waals surface area contributed by atoms with Crippen LogP contribution in [0.2, 0.25) is 5.02 Å². The minimum Gasteiger partial charge on any atom is -0.342 e. The number of nitriles is 1. The molecule has 0 bridgehead atoms. The van der Waals surface area contributed by atoms with Gasteiger partial charge in [0, 0.05) is 34.2 Å². The van der Waals surface area contributed by atoms with E-state index in [4.69, 9.17) is 16.9 Å². The first kappa shape index (κ1) is 13.4. The smallest absolute Gasteiger partial charge is 0.152 e. The highest BCUT2D eigenvalue weighted by Crippen LogP contribution is 2.23. The van der Waals surface area contributed by atoms with Crippen molar-refractivity contribution in [3.05, 3.63) is 70.4 Å². The molecule has 0 spiro atoms. The van der Waals surface area contributed by atoms with Crippen LogP contribution in [0.1, 0.15) is 21.5 Å². The molecule has 0 unspecified atom stereocenters. The lowest BCUT2D eigenvalue weighted by Gasteiger charge is -2.06. The Labute approximate surface area is 127 Å². The van der Waals surface area contributed by atoms with Crippen LogP contribution in [0.4, 0.5) is 0 Å². The number of nitrogens with zero attached hydrogens (tertiary/aromatic N) is 2. The molecule has 3 rings (SSSR count). The second kappa shape index (κ2) is 5.43. The van der Waals surface area contributed by atoms with Gasteiger partial charge in [-0.05, 0) is 35.9 Å². The second-order valence-corrected chi connectivity index (χ2v) is 5.24. The summed E-state index contributed by atoms with van der Waals surface area (Å²) in [5.74, 6) is 0. The Morgan fingerprint density at radius 2 is 1.95 bits per heavy atom. The summed E-state index contributed by atoms with van der Waals surface area (Å²) in [6.45, 7) is 0.646. The van der Waals surface area contributed by atoms with Gasteiger partial charge in [-0.2, -0.15) is 5.26 Å². The lowest BCUT2D eigenvalue weighted by atomic mass is 10.1. The second-order valence-electron chi connectivity index (χ2n) is 4.80. The third kappa shape index (κ3) is 2.54. The molecule has 102 valence electrons. The molecule has 0 saturated carbocycles. The number of benzene rings is 2. The van der Waals surface area contributed by atoms with Crippen molar-refractivity contribution in [1.82, 2.24) is 4.57 Å². The first-order valence-corrected chi connectivity index (χ1v) is 6.81. The Morgan fingerprint density at radius 1 is 1.19 bits per heavy atom. The van der Waals surface area contributed by atoms with Crippen molar-refractivity contribution in [3.8, 4) is 6.07 Å². The van der Waals surface area contributed by atoms with Crippen molar-refractivity contribution in [3.63, 3.8) is 0 Å². The van der Waals surface area contributed by atoms with Crippen LogP contribution < -0.4 is 0 Å². The summed E-state index contributed by atoms with van der Waals surface area (Å²) >= 11 is 5.89. The minimum absolute atomic E-state index is 0.551. The Balaban J connectivity index is 2.08. The highest BCUT2D eigenvalue weighted by Gasteiger charge is 2.09. The van der Waals surface area contributed by atoms with Gasteiger partial charge in [-0.3, -0.25) is 4.79 Å². The Bertz CT molecular complexity index is 857. The van der Waals surface area contributed by atoms with Crippen molar-refractivity contribution in [2.75, 3.05) is 0 Å². The quantitative estimate of drug-likeness (QED) is 0.685. The van der Waals surface area contributed by atoms with E-state index in [9.17, 15) is 4.79 Å². The molecule has 1 aromatic heterocycles. The number of hydrogen-bond acceptors (Lipinski definition) is 2. The highest BCUT2D eigenvalue weighted by atomic mass is 35.5. The molecule has 0 aliphatic carbocycles. The fourth-order valence-electron chi connectivity index (χ4n) is 2.41. The van der Waals surface area contributed by atoms with E-state index in [2.05, 4.69) is 6.07 Å². The van der Waals surface area contributed by atoms with Gasteiger partial charge in [-0.25, -0.2) is 0 Å². The predicted octanol–water partition coefficient (Wildman–Crippen LogP) is 4.03. The SMILES string of the molecule is N#Cc1ccc2c(c1)c(C=O)cn2Cc1ccc(Cl)cc1. The lowest BCUT2D eigenvalue weighted by Crippen LogP contribution is -1.97. The Hall–Kier alpha value is -2.57. The van der Waals surface area contributed by atoms with E-state index < -0.39 is 0 Å². The van der Waals surface area contributed by atoms with Gasteiger partial charge in [-0.15, -0.1) is 0 Å². The molecule has 21 heavy (non-hydrogen) atoms. The first-order valence-electron chi connectivity index (χ1n) is 6.44. The van der Waals surface area contributed by atoms with Gasteiger partial charge in [0.15, 0.2) is 6.29 Å². The summed E-state index contributed by atoms with van der Waals surface area (Å²) in [6, 6.07) is 15.1. The maximum atomic E-state index is 11.2. The van der Waals surface area contributed by atoms with E-state index in [-0.39, 0.29) is 0 Å². The molecular weight excluding hydrogens is 284 g/mol. The van der Waals surface area contributed by atoms with E-state index in [0.29, 0.717) is 22.7 Å². The summed E-state index contributed by atoms with van der Waals surface area (Å²) < 4.78 is 2.00. The van der Waals surface area contributed by atoms with Crippen molar-refractivity contribution >= 4 is 28.8 Å². The number of carbonyl (C=O) groups excluding carboxylic acids is 1. The van der Waals surface area contributed by atoms with Crippen LogP contribution in [0.3, 0.4) is 0 Å². The number of fused-ring (bicyclic) bond motifs is 1. The summed E-state index contributed by atoms with van der Waals surface area (Å²) in [4.78, 5) is 11.2.